The van der Waals surface area contributed by atoms with E-state index in [0.717, 1.165) is 31.9 Å². The summed E-state index contributed by atoms with van der Waals surface area (Å²) in [5.41, 5.74) is 2.54. The van der Waals surface area contributed by atoms with E-state index in [1.165, 1.54) is 5.69 Å². The molecule has 0 saturated carbocycles. The van der Waals surface area contributed by atoms with Gasteiger partial charge in [-0.3, -0.25) is 4.79 Å². The fraction of sp³-hybridized carbons (Fsp3) is 0.375. The van der Waals surface area contributed by atoms with Gasteiger partial charge in [0, 0.05) is 44.6 Å². The van der Waals surface area contributed by atoms with Crippen LogP contribution in [0.5, 0.6) is 0 Å². The summed E-state index contributed by atoms with van der Waals surface area (Å²) in [7, 11) is 3.95. The number of nitrogens with one attached hydrogen (secondary N) is 1. The number of nitrogens with zero attached hydrogens (tertiary/aromatic N) is 4. The molecule has 22 heavy (non-hydrogen) atoms. The van der Waals surface area contributed by atoms with E-state index in [9.17, 15) is 4.79 Å². The summed E-state index contributed by atoms with van der Waals surface area (Å²) in [6, 6.07) is 8.01. The second kappa shape index (κ2) is 6.19. The molecule has 1 saturated heterocycles. The first-order valence-electron chi connectivity index (χ1n) is 7.45. The Hall–Kier alpha value is -2.34. The maximum Gasteiger partial charge on any atom is 0.273 e. The van der Waals surface area contributed by atoms with E-state index in [0.29, 0.717) is 5.69 Å². The molecule has 3 rings (SSSR count). The maximum absolute atomic E-state index is 12.1. The van der Waals surface area contributed by atoms with Crippen molar-refractivity contribution in [2.45, 2.75) is 0 Å². The number of hydrogen-bond donors (Lipinski definition) is 1. The molecule has 1 aromatic heterocycles. The minimum absolute atomic E-state index is 0.146. The highest BCUT2D eigenvalue weighted by atomic mass is 16.2. The van der Waals surface area contributed by atoms with Crippen LogP contribution in [0.2, 0.25) is 0 Å². The molecule has 6 heteroatoms. The third-order valence-electron chi connectivity index (χ3n) is 4.04. The van der Waals surface area contributed by atoms with Crippen molar-refractivity contribution in [3.8, 4) is 0 Å². The number of imidazole rings is 1. The van der Waals surface area contributed by atoms with Crippen molar-refractivity contribution in [1.29, 1.82) is 0 Å². The van der Waals surface area contributed by atoms with Crippen molar-refractivity contribution in [2.24, 2.45) is 7.05 Å². The Labute approximate surface area is 130 Å². The topological polar surface area (TPSA) is 53.4 Å². The summed E-state index contributed by atoms with van der Waals surface area (Å²) >= 11 is 0. The Morgan fingerprint density at radius 2 is 1.77 bits per heavy atom. The first-order valence-corrected chi connectivity index (χ1v) is 7.45. The molecule has 1 fully saturated rings. The predicted molar refractivity (Wildman–Crippen MR) is 87.3 cm³/mol. The summed E-state index contributed by atoms with van der Waals surface area (Å²) in [5, 5.41) is 2.90. The molecule has 0 aliphatic carbocycles. The maximum atomic E-state index is 12.1. The van der Waals surface area contributed by atoms with Crippen LogP contribution in [0.15, 0.2) is 36.8 Å². The highest BCUT2D eigenvalue weighted by Crippen LogP contribution is 2.19. The number of aromatic nitrogens is 2. The molecule has 6 nitrogen and oxygen atoms in total. The van der Waals surface area contributed by atoms with Gasteiger partial charge in [0.15, 0.2) is 0 Å². The van der Waals surface area contributed by atoms with Crippen LogP contribution in [0.3, 0.4) is 0 Å². The van der Waals surface area contributed by atoms with Gasteiger partial charge in [-0.25, -0.2) is 4.98 Å². The van der Waals surface area contributed by atoms with Gasteiger partial charge in [-0.05, 0) is 31.3 Å². The molecule has 0 atom stereocenters. The Morgan fingerprint density at radius 3 is 2.36 bits per heavy atom. The number of piperazine rings is 1. The van der Waals surface area contributed by atoms with Crippen molar-refractivity contribution in [3.05, 3.63) is 42.5 Å². The van der Waals surface area contributed by atoms with Gasteiger partial charge in [-0.15, -0.1) is 0 Å². The molecule has 116 valence electrons. The van der Waals surface area contributed by atoms with E-state index < -0.39 is 0 Å². The molecule has 1 N–H and O–H groups in total. The third-order valence-corrected chi connectivity index (χ3v) is 4.04. The van der Waals surface area contributed by atoms with Crippen molar-refractivity contribution in [2.75, 3.05) is 43.4 Å². The third kappa shape index (κ3) is 3.12. The SMILES string of the molecule is CN1CCN(c2ccc(NC(=O)c3cncn3C)cc2)CC1. The van der Waals surface area contributed by atoms with E-state index in [1.807, 2.05) is 12.1 Å². The van der Waals surface area contributed by atoms with Gasteiger partial charge in [0.2, 0.25) is 0 Å². The second-order valence-electron chi connectivity index (χ2n) is 5.68. The van der Waals surface area contributed by atoms with Crippen LogP contribution >= 0.6 is 0 Å². The standard InChI is InChI=1S/C16H21N5O/c1-19-7-9-21(10-8-19)14-5-3-13(4-6-14)18-16(22)15-11-17-12-20(15)2/h3-6,11-12H,7-10H2,1-2H3,(H,18,22). The zero-order valence-corrected chi connectivity index (χ0v) is 13.0. The fourth-order valence-electron chi connectivity index (χ4n) is 2.59. The van der Waals surface area contributed by atoms with Gasteiger partial charge in [-0.2, -0.15) is 0 Å². The smallest absolute Gasteiger partial charge is 0.273 e. The molecule has 0 spiro atoms. The summed E-state index contributed by atoms with van der Waals surface area (Å²) in [5.74, 6) is -0.146. The Morgan fingerprint density at radius 1 is 1.09 bits per heavy atom. The number of rotatable bonds is 3. The quantitative estimate of drug-likeness (QED) is 0.931. The Bertz CT molecular complexity index is 641. The minimum atomic E-state index is -0.146. The molecule has 2 heterocycles. The first-order chi connectivity index (χ1) is 10.6. The van der Waals surface area contributed by atoms with Gasteiger partial charge >= 0.3 is 0 Å². The average Bonchev–Trinajstić information content (AvgIpc) is 2.95. The molecule has 0 bridgehead atoms. The number of carbonyl (C=O) groups is 1. The molecule has 1 amide bonds. The summed E-state index contributed by atoms with van der Waals surface area (Å²) in [4.78, 5) is 20.8. The van der Waals surface area contributed by atoms with Crippen LogP contribution in [0, 0.1) is 0 Å². The minimum Gasteiger partial charge on any atom is -0.369 e. The van der Waals surface area contributed by atoms with E-state index >= 15 is 0 Å². The molecule has 2 aromatic rings. The largest absolute Gasteiger partial charge is 0.369 e. The number of likely N-dealkylation sites (N-methyl/N-ethyl adjacent to an activating group) is 1. The van der Waals surface area contributed by atoms with Crippen molar-refractivity contribution in [3.63, 3.8) is 0 Å². The van der Waals surface area contributed by atoms with E-state index in [2.05, 4.69) is 39.3 Å². The lowest BCUT2D eigenvalue weighted by molar-refractivity contribution is 0.101. The van der Waals surface area contributed by atoms with Gasteiger partial charge in [0.05, 0.1) is 12.5 Å². The van der Waals surface area contributed by atoms with Crippen LogP contribution in [-0.2, 0) is 7.05 Å². The molecule has 1 aliphatic heterocycles. The van der Waals surface area contributed by atoms with Crippen LogP contribution < -0.4 is 10.2 Å². The van der Waals surface area contributed by atoms with Crippen molar-refractivity contribution < 1.29 is 4.79 Å². The van der Waals surface area contributed by atoms with E-state index in [1.54, 1.807) is 24.1 Å². The van der Waals surface area contributed by atoms with Gasteiger partial charge in [0.1, 0.15) is 5.69 Å². The van der Waals surface area contributed by atoms with Crippen LogP contribution in [-0.4, -0.2) is 53.6 Å². The monoisotopic (exact) mass is 299 g/mol. The van der Waals surface area contributed by atoms with E-state index in [-0.39, 0.29) is 5.91 Å². The molecular formula is C16H21N5O. The molecule has 0 unspecified atom stereocenters. The van der Waals surface area contributed by atoms with Gasteiger partial charge in [-0.1, -0.05) is 0 Å². The number of amides is 1. The molecule has 1 aromatic carbocycles. The highest BCUT2D eigenvalue weighted by molar-refractivity contribution is 6.03. The Balaban J connectivity index is 1.64. The Kier molecular flexibility index (Phi) is 4.11. The average molecular weight is 299 g/mol. The molecule has 0 radical (unpaired) electrons. The number of aryl methyl sites for hydroxylation is 1. The van der Waals surface area contributed by atoms with Crippen LogP contribution in [0.4, 0.5) is 11.4 Å². The number of anilines is 2. The van der Waals surface area contributed by atoms with Crippen molar-refractivity contribution >= 4 is 17.3 Å². The van der Waals surface area contributed by atoms with Crippen molar-refractivity contribution in [1.82, 2.24) is 14.5 Å². The summed E-state index contributed by atoms with van der Waals surface area (Å²) in [6.45, 7) is 4.24. The lowest BCUT2D eigenvalue weighted by atomic mass is 10.2. The van der Waals surface area contributed by atoms with Gasteiger partial charge in [0.25, 0.3) is 5.91 Å². The number of hydrogen-bond acceptors (Lipinski definition) is 4. The summed E-state index contributed by atoms with van der Waals surface area (Å²) in [6.07, 6.45) is 3.18. The highest BCUT2D eigenvalue weighted by Gasteiger charge is 2.14. The van der Waals surface area contributed by atoms with Crippen LogP contribution in [0.1, 0.15) is 10.5 Å². The molecular weight excluding hydrogens is 278 g/mol. The normalized spacial score (nSPS) is 15.8. The molecule has 1 aliphatic rings. The lowest BCUT2D eigenvalue weighted by Crippen LogP contribution is -2.44. The second-order valence-corrected chi connectivity index (χ2v) is 5.68. The van der Waals surface area contributed by atoms with Crippen LogP contribution in [0.25, 0.3) is 0 Å². The number of benzene rings is 1. The predicted octanol–water partition coefficient (Wildman–Crippen LogP) is 1.42. The zero-order chi connectivity index (χ0) is 15.5. The number of carbonyl (C=O) groups excluding carboxylic acids is 1. The van der Waals surface area contributed by atoms with E-state index in [4.69, 9.17) is 0 Å². The summed E-state index contributed by atoms with van der Waals surface area (Å²) < 4.78 is 1.70. The fourth-order valence-corrected chi connectivity index (χ4v) is 2.59. The zero-order valence-electron chi connectivity index (χ0n) is 13.0. The lowest BCUT2D eigenvalue weighted by Gasteiger charge is -2.34. The van der Waals surface area contributed by atoms with Gasteiger partial charge < -0.3 is 19.7 Å². The first kappa shape index (κ1) is 14.6.